The summed E-state index contributed by atoms with van der Waals surface area (Å²) in [6.07, 6.45) is 5.11. The number of anilines is 1. The van der Waals surface area contributed by atoms with Gasteiger partial charge in [0, 0.05) is 54.0 Å². The Hall–Kier alpha value is -1.61. The topological polar surface area (TPSA) is 28.2 Å². The van der Waals surface area contributed by atoms with Crippen molar-refractivity contribution in [2.75, 3.05) is 24.5 Å². The molecule has 1 fully saturated rings. The van der Waals surface area contributed by atoms with E-state index >= 15 is 0 Å². The molecule has 1 aliphatic heterocycles. The van der Waals surface area contributed by atoms with Gasteiger partial charge in [-0.15, -0.1) is 0 Å². The molecule has 112 valence electrons. The summed E-state index contributed by atoms with van der Waals surface area (Å²) < 4.78 is 0. The van der Waals surface area contributed by atoms with E-state index in [9.17, 15) is 0 Å². The maximum absolute atomic E-state index is 4.22. The van der Waals surface area contributed by atoms with Crippen LogP contribution in [0.4, 0.5) is 5.69 Å². The van der Waals surface area contributed by atoms with Crippen LogP contribution in [0, 0.1) is 5.92 Å². The quantitative estimate of drug-likeness (QED) is 0.935. The number of aromatic nitrogens is 1. The molecular weight excluding hydrogens is 258 g/mol. The average molecular weight is 283 g/mol. The van der Waals surface area contributed by atoms with Crippen LogP contribution < -0.4 is 10.2 Å². The summed E-state index contributed by atoms with van der Waals surface area (Å²) in [5, 5.41) is 6.18. The van der Waals surface area contributed by atoms with Crippen molar-refractivity contribution in [3.05, 3.63) is 36.7 Å². The molecule has 2 aromatic rings. The lowest BCUT2D eigenvalue weighted by Crippen LogP contribution is -2.39. The molecule has 0 radical (unpaired) electrons. The van der Waals surface area contributed by atoms with Crippen LogP contribution >= 0.6 is 0 Å². The van der Waals surface area contributed by atoms with Crippen molar-refractivity contribution in [2.45, 2.75) is 32.7 Å². The second kappa shape index (κ2) is 5.64. The Morgan fingerprint density at radius 1 is 1.29 bits per heavy atom. The van der Waals surface area contributed by atoms with Crippen molar-refractivity contribution in [2.24, 2.45) is 5.92 Å². The van der Waals surface area contributed by atoms with Gasteiger partial charge in [-0.25, -0.2) is 0 Å². The Kier molecular flexibility index (Phi) is 3.85. The molecule has 1 unspecified atom stereocenters. The van der Waals surface area contributed by atoms with Crippen molar-refractivity contribution >= 4 is 16.5 Å². The number of rotatable bonds is 3. The van der Waals surface area contributed by atoms with Crippen LogP contribution in [0.25, 0.3) is 10.8 Å². The third-order valence-corrected chi connectivity index (χ3v) is 4.21. The molecular formula is C18H25N3. The van der Waals surface area contributed by atoms with Crippen molar-refractivity contribution in [3.63, 3.8) is 0 Å². The van der Waals surface area contributed by atoms with Crippen molar-refractivity contribution in [1.29, 1.82) is 0 Å². The molecule has 1 aromatic heterocycles. The molecule has 0 aliphatic carbocycles. The van der Waals surface area contributed by atoms with Gasteiger partial charge >= 0.3 is 0 Å². The fourth-order valence-corrected chi connectivity index (χ4v) is 3.05. The minimum Gasteiger partial charge on any atom is -0.371 e. The molecule has 0 spiro atoms. The van der Waals surface area contributed by atoms with Gasteiger partial charge in [0.15, 0.2) is 0 Å². The van der Waals surface area contributed by atoms with Crippen molar-refractivity contribution < 1.29 is 0 Å². The van der Waals surface area contributed by atoms with E-state index in [0.717, 1.165) is 25.6 Å². The Balaban J connectivity index is 1.73. The number of hydrogen-bond acceptors (Lipinski definition) is 3. The molecule has 21 heavy (non-hydrogen) atoms. The highest BCUT2D eigenvalue weighted by molar-refractivity contribution is 5.93. The lowest BCUT2D eigenvalue weighted by atomic mass is 10.1. The second-order valence-electron chi connectivity index (χ2n) is 7.11. The molecule has 2 heterocycles. The highest BCUT2D eigenvalue weighted by atomic mass is 15.2. The van der Waals surface area contributed by atoms with Crippen LogP contribution in [0.15, 0.2) is 36.7 Å². The summed E-state index contributed by atoms with van der Waals surface area (Å²) in [7, 11) is 0. The van der Waals surface area contributed by atoms with Crippen molar-refractivity contribution in [1.82, 2.24) is 10.3 Å². The maximum Gasteiger partial charge on any atom is 0.0447 e. The van der Waals surface area contributed by atoms with Gasteiger partial charge in [0.2, 0.25) is 0 Å². The van der Waals surface area contributed by atoms with Crippen LogP contribution in [0.5, 0.6) is 0 Å². The summed E-state index contributed by atoms with van der Waals surface area (Å²) in [6, 6.07) is 8.65. The first kappa shape index (κ1) is 14.3. The van der Waals surface area contributed by atoms with Crippen LogP contribution in [0.2, 0.25) is 0 Å². The molecule has 0 saturated carbocycles. The Morgan fingerprint density at radius 2 is 2.14 bits per heavy atom. The molecule has 0 amide bonds. The van der Waals surface area contributed by atoms with Crippen LogP contribution in [-0.2, 0) is 0 Å². The van der Waals surface area contributed by atoms with Gasteiger partial charge in [-0.05, 0) is 45.2 Å². The van der Waals surface area contributed by atoms with Gasteiger partial charge in [0.05, 0.1) is 0 Å². The van der Waals surface area contributed by atoms with E-state index < -0.39 is 0 Å². The van der Waals surface area contributed by atoms with E-state index in [1.807, 2.05) is 12.4 Å². The fourth-order valence-electron chi connectivity index (χ4n) is 3.05. The van der Waals surface area contributed by atoms with Crippen LogP contribution in [0.3, 0.4) is 0 Å². The predicted molar refractivity (Wildman–Crippen MR) is 89.8 cm³/mol. The summed E-state index contributed by atoms with van der Waals surface area (Å²) in [5.41, 5.74) is 1.56. The summed E-state index contributed by atoms with van der Waals surface area (Å²) in [5.74, 6) is 0.737. The minimum atomic E-state index is 0.207. The standard InChI is InChI=1S/C18H25N3/c1-18(2,3)20-11-14-8-10-21(13-14)17-6-4-5-15-12-19-9-7-16(15)17/h4-7,9,12,14,20H,8,10-11,13H2,1-3H3. The average Bonchev–Trinajstić information content (AvgIpc) is 2.92. The zero-order valence-electron chi connectivity index (χ0n) is 13.3. The Bertz CT molecular complexity index is 610. The SMILES string of the molecule is CC(C)(C)NCC1CCN(c2cccc3cnccc23)C1. The first-order chi connectivity index (χ1) is 10.0. The first-order valence-corrected chi connectivity index (χ1v) is 7.86. The Labute approximate surface area is 127 Å². The molecule has 1 aliphatic rings. The summed E-state index contributed by atoms with van der Waals surface area (Å²) >= 11 is 0. The number of hydrogen-bond donors (Lipinski definition) is 1. The maximum atomic E-state index is 4.22. The van der Waals surface area contributed by atoms with E-state index in [1.54, 1.807) is 0 Å². The van der Waals surface area contributed by atoms with E-state index in [-0.39, 0.29) is 5.54 Å². The summed E-state index contributed by atoms with van der Waals surface area (Å²) in [6.45, 7) is 10.1. The van der Waals surface area contributed by atoms with Gasteiger partial charge in [-0.3, -0.25) is 4.98 Å². The lowest BCUT2D eigenvalue weighted by Gasteiger charge is -2.24. The highest BCUT2D eigenvalue weighted by Crippen LogP contribution is 2.30. The normalized spacial score (nSPS) is 19.4. The van der Waals surface area contributed by atoms with Gasteiger partial charge in [0.1, 0.15) is 0 Å². The van der Waals surface area contributed by atoms with Crippen LogP contribution in [-0.4, -0.2) is 30.2 Å². The van der Waals surface area contributed by atoms with E-state index in [2.05, 4.69) is 60.2 Å². The van der Waals surface area contributed by atoms with Gasteiger partial charge in [-0.2, -0.15) is 0 Å². The predicted octanol–water partition coefficient (Wildman–Crippen LogP) is 3.45. The molecule has 3 rings (SSSR count). The van der Waals surface area contributed by atoms with Crippen LogP contribution in [0.1, 0.15) is 27.2 Å². The fraction of sp³-hybridized carbons (Fsp3) is 0.500. The number of pyridine rings is 1. The monoisotopic (exact) mass is 283 g/mol. The molecule has 3 nitrogen and oxygen atoms in total. The van der Waals surface area contributed by atoms with E-state index in [1.165, 1.54) is 22.9 Å². The zero-order chi connectivity index (χ0) is 14.9. The molecule has 1 N–H and O–H groups in total. The molecule has 0 bridgehead atoms. The minimum absolute atomic E-state index is 0.207. The number of fused-ring (bicyclic) bond motifs is 1. The van der Waals surface area contributed by atoms with Crippen molar-refractivity contribution in [3.8, 4) is 0 Å². The highest BCUT2D eigenvalue weighted by Gasteiger charge is 2.24. The second-order valence-corrected chi connectivity index (χ2v) is 7.11. The van der Waals surface area contributed by atoms with Gasteiger partial charge < -0.3 is 10.2 Å². The summed E-state index contributed by atoms with van der Waals surface area (Å²) in [4.78, 5) is 6.75. The number of benzene rings is 1. The number of nitrogens with one attached hydrogen (secondary N) is 1. The van der Waals surface area contributed by atoms with Gasteiger partial charge in [0.25, 0.3) is 0 Å². The largest absolute Gasteiger partial charge is 0.371 e. The van der Waals surface area contributed by atoms with E-state index in [4.69, 9.17) is 0 Å². The Morgan fingerprint density at radius 3 is 2.95 bits per heavy atom. The smallest absolute Gasteiger partial charge is 0.0447 e. The lowest BCUT2D eigenvalue weighted by molar-refractivity contribution is 0.383. The van der Waals surface area contributed by atoms with Gasteiger partial charge in [-0.1, -0.05) is 12.1 Å². The first-order valence-electron chi connectivity index (χ1n) is 7.86. The zero-order valence-corrected chi connectivity index (χ0v) is 13.3. The number of nitrogens with zero attached hydrogens (tertiary/aromatic N) is 2. The molecule has 1 saturated heterocycles. The molecule has 1 atom stereocenters. The van der Waals surface area contributed by atoms with E-state index in [0.29, 0.717) is 0 Å². The molecule has 3 heteroatoms. The third kappa shape index (κ3) is 3.35. The molecule has 1 aromatic carbocycles. The third-order valence-electron chi connectivity index (χ3n) is 4.21.